The minimum atomic E-state index is -0.991. The van der Waals surface area contributed by atoms with E-state index >= 15 is 0 Å². The molecule has 0 saturated carbocycles. The van der Waals surface area contributed by atoms with Crippen molar-refractivity contribution in [3.05, 3.63) is 119 Å². The molecule has 0 spiro atoms. The molecule has 48 heavy (non-hydrogen) atoms. The van der Waals surface area contributed by atoms with Crippen LogP contribution in [0.25, 0.3) is 0 Å². The molecule has 5 N–H and O–H groups in total. The first kappa shape index (κ1) is 41.6. The van der Waals surface area contributed by atoms with Crippen LogP contribution in [0.2, 0.25) is 0 Å². The molecule has 0 bridgehead atoms. The third kappa shape index (κ3) is 18.1. The van der Waals surface area contributed by atoms with Crippen molar-refractivity contribution in [1.29, 1.82) is 0 Å². The second-order valence-electron chi connectivity index (χ2n) is 10.9. The van der Waals surface area contributed by atoms with E-state index in [0.29, 0.717) is 32.7 Å². The molecule has 0 heterocycles. The van der Waals surface area contributed by atoms with E-state index in [-0.39, 0.29) is 5.97 Å². The lowest BCUT2D eigenvalue weighted by molar-refractivity contribution is -0.144. The van der Waals surface area contributed by atoms with Crippen molar-refractivity contribution in [3.63, 3.8) is 0 Å². The first-order chi connectivity index (χ1) is 23.2. The standard InChI is InChI=1S/C18H23NO3.C16H17NO3.C4H10.C2H6/c1-2-21-18(20)17(19)12-14-8-10-16(11-9-14)22-13-15-6-4-3-5-7-15;17-15(16(18)19)10-12-6-8-14(9-7-12)20-11-13-4-2-1-3-5-13;1-3-4-2;1-2/h3-4,6,8-11,17H,2,5,7,12-13,19H2,1H3;1-9,15H,10-11,17H2,(H,18,19);3-4H2,1-2H3;1-2H3. The molecule has 8 nitrogen and oxygen atoms in total. The lowest BCUT2D eigenvalue weighted by Gasteiger charge is -2.13. The lowest BCUT2D eigenvalue weighted by atomic mass is 10.1. The average Bonchev–Trinajstić information content (AvgIpc) is 3.13. The summed E-state index contributed by atoms with van der Waals surface area (Å²) in [5.41, 5.74) is 15.6. The SMILES string of the molecule is CC.CCCC.CCOC(=O)C(N)Cc1ccc(OCC2=CC=CCC2)cc1.NC(Cc1ccc(OCc2ccccc2)cc1)C(=O)O. The normalized spacial score (nSPS) is 12.6. The predicted octanol–water partition coefficient (Wildman–Crippen LogP) is 7.83. The van der Waals surface area contributed by atoms with Crippen molar-refractivity contribution in [1.82, 2.24) is 0 Å². The van der Waals surface area contributed by atoms with Gasteiger partial charge in [0.1, 0.15) is 36.8 Å². The van der Waals surface area contributed by atoms with Gasteiger partial charge >= 0.3 is 11.9 Å². The number of hydrogen-bond donors (Lipinski definition) is 3. The van der Waals surface area contributed by atoms with Gasteiger partial charge in [-0.3, -0.25) is 9.59 Å². The second-order valence-corrected chi connectivity index (χ2v) is 10.9. The molecule has 0 aliphatic heterocycles. The highest BCUT2D eigenvalue weighted by molar-refractivity contribution is 5.75. The molecular formula is C40H56N2O6. The zero-order valence-corrected chi connectivity index (χ0v) is 29.4. The number of carbonyl (C=O) groups is 2. The minimum absolute atomic E-state index is 0.314. The van der Waals surface area contributed by atoms with Gasteiger partial charge in [-0.1, -0.05) is 113 Å². The molecule has 2 atom stereocenters. The average molecular weight is 661 g/mol. The molecule has 3 aromatic rings. The number of nitrogens with two attached hydrogens (primary N) is 2. The molecule has 1 aliphatic carbocycles. The monoisotopic (exact) mass is 660 g/mol. The van der Waals surface area contributed by atoms with Crippen LogP contribution >= 0.6 is 0 Å². The molecule has 262 valence electrons. The summed E-state index contributed by atoms with van der Waals surface area (Å²) in [6, 6.07) is 23.4. The van der Waals surface area contributed by atoms with Crippen LogP contribution in [0.3, 0.4) is 0 Å². The van der Waals surface area contributed by atoms with Gasteiger partial charge in [-0.2, -0.15) is 0 Å². The molecule has 0 aromatic heterocycles. The van der Waals surface area contributed by atoms with E-state index in [4.69, 9.17) is 30.8 Å². The van der Waals surface area contributed by atoms with E-state index in [1.807, 2.05) is 92.7 Å². The fourth-order valence-corrected chi connectivity index (χ4v) is 4.06. The van der Waals surface area contributed by atoms with Gasteiger partial charge in [0.25, 0.3) is 0 Å². The summed E-state index contributed by atoms with van der Waals surface area (Å²) in [6.45, 7) is 11.6. The van der Waals surface area contributed by atoms with Crippen molar-refractivity contribution >= 4 is 11.9 Å². The number of aliphatic carboxylic acids is 1. The summed E-state index contributed by atoms with van der Waals surface area (Å²) in [6.07, 6.45) is 11.9. The van der Waals surface area contributed by atoms with Gasteiger partial charge in [0.15, 0.2) is 0 Å². The summed E-state index contributed by atoms with van der Waals surface area (Å²) < 4.78 is 16.3. The van der Waals surface area contributed by atoms with Crippen molar-refractivity contribution in [2.75, 3.05) is 13.2 Å². The van der Waals surface area contributed by atoms with E-state index in [9.17, 15) is 9.59 Å². The number of hydrogen-bond acceptors (Lipinski definition) is 7. The maximum Gasteiger partial charge on any atom is 0.323 e. The van der Waals surface area contributed by atoms with Gasteiger partial charge in [0.05, 0.1) is 6.61 Å². The topological polar surface area (TPSA) is 134 Å². The molecule has 3 aromatic carbocycles. The Morgan fingerprint density at radius 1 is 0.729 bits per heavy atom. The third-order valence-electron chi connectivity index (χ3n) is 6.94. The summed E-state index contributed by atoms with van der Waals surface area (Å²) in [5.74, 6) is 0.222. The third-order valence-corrected chi connectivity index (χ3v) is 6.94. The summed E-state index contributed by atoms with van der Waals surface area (Å²) in [4.78, 5) is 22.2. The van der Waals surface area contributed by atoms with Gasteiger partial charge in [0.2, 0.25) is 0 Å². The van der Waals surface area contributed by atoms with Crippen LogP contribution in [-0.4, -0.2) is 42.3 Å². The van der Waals surface area contributed by atoms with E-state index in [2.05, 4.69) is 32.1 Å². The van der Waals surface area contributed by atoms with Gasteiger partial charge < -0.3 is 30.8 Å². The fraction of sp³-hybridized carbons (Fsp3) is 0.400. The van der Waals surface area contributed by atoms with Gasteiger partial charge in [-0.15, -0.1) is 0 Å². The predicted molar refractivity (Wildman–Crippen MR) is 195 cm³/mol. The number of unbranched alkanes of at least 4 members (excludes halogenated alkanes) is 1. The number of carbonyl (C=O) groups excluding carboxylic acids is 1. The summed E-state index contributed by atoms with van der Waals surface area (Å²) in [5, 5.41) is 8.76. The molecule has 0 amide bonds. The van der Waals surface area contributed by atoms with Crippen LogP contribution in [0.1, 0.15) is 77.0 Å². The van der Waals surface area contributed by atoms with E-state index in [1.54, 1.807) is 6.92 Å². The van der Waals surface area contributed by atoms with Crippen LogP contribution < -0.4 is 20.9 Å². The Morgan fingerprint density at radius 3 is 1.71 bits per heavy atom. The number of allylic oxidation sites excluding steroid dienone is 3. The Bertz CT molecular complexity index is 1340. The first-order valence-corrected chi connectivity index (χ1v) is 17.0. The molecule has 0 fully saturated rings. The van der Waals surface area contributed by atoms with Crippen molar-refractivity contribution in [2.24, 2.45) is 11.5 Å². The minimum Gasteiger partial charge on any atom is -0.489 e. The molecule has 1 aliphatic rings. The second kappa shape index (κ2) is 25.7. The van der Waals surface area contributed by atoms with E-state index in [0.717, 1.165) is 41.0 Å². The smallest absolute Gasteiger partial charge is 0.323 e. The number of carboxylic acids is 1. The number of benzene rings is 3. The molecule has 4 rings (SSSR count). The largest absolute Gasteiger partial charge is 0.489 e. The highest BCUT2D eigenvalue weighted by Crippen LogP contribution is 2.18. The number of ether oxygens (including phenoxy) is 3. The Labute approximate surface area is 287 Å². The van der Waals surface area contributed by atoms with Gasteiger partial charge in [-0.05, 0) is 79.1 Å². The van der Waals surface area contributed by atoms with Gasteiger partial charge in [0, 0.05) is 0 Å². The Morgan fingerprint density at radius 2 is 1.25 bits per heavy atom. The summed E-state index contributed by atoms with van der Waals surface area (Å²) in [7, 11) is 0. The van der Waals surface area contributed by atoms with Crippen molar-refractivity contribution in [3.8, 4) is 11.5 Å². The fourth-order valence-electron chi connectivity index (χ4n) is 4.06. The van der Waals surface area contributed by atoms with Crippen LogP contribution in [0.4, 0.5) is 0 Å². The van der Waals surface area contributed by atoms with Crippen LogP contribution in [0.15, 0.2) is 103 Å². The highest BCUT2D eigenvalue weighted by atomic mass is 16.5. The quantitative estimate of drug-likeness (QED) is 0.149. The Balaban J connectivity index is 0.000000414. The molecular weight excluding hydrogens is 604 g/mol. The van der Waals surface area contributed by atoms with Crippen molar-refractivity contribution in [2.45, 2.75) is 91.8 Å². The Hall–Kier alpha value is -4.40. The van der Waals surface area contributed by atoms with Crippen LogP contribution in [0.5, 0.6) is 11.5 Å². The zero-order chi connectivity index (χ0) is 35.6. The Kier molecular flexibility index (Phi) is 22.3. The highest BCUT2D eigenvalue weighted by Gasteiger charge is 2.15. The zero-order valence-electron chi connectivity index (χ0n) is 29.4. The number of carboxylic acid groups (broad SMARTS) is 1. The maximum atomic E-state index is 11.5. The van der Waals surface area contributed by atoms with Crippen LogP contribution in [-0.2, 0) is 33.8 Å². The first-order valence-electron chi connectivity index (χ1n) is 17.0. The number of rotatable bonds is 14. The summed E-state index contributed by atoms with van der Waals surface area (Å²) >= 11 is 0. The maximum absolute atomic E-state index is 11.5. The van der Waals surface area contributed by atoms with E-state index in [1.165, 1.54) is 18.4 Å². The number of esters is 1. The molecule has 8 heteroatoms. The van der Waals surface area contributed by atoms with Crippen molar-refractivity contribution < 1.29 is 28.9 Å². The molecule has 0 saturated heterocycles. The lowest BCUT2D eigenvalue weighted by Crippen LogP contribution is -2.34. The molecule has 0 radical (unpaired) electrons. The molecule has 2 unspecified atom stereocenters. The van der Waals surface area contributed by atoms with E-state index < -0.39 is 18.1 Å². The van der Waals surface area contributed by atoms with Crippen LogP contribution in [0, 0.1) is 0 Å². The van der Waals surface area contributed by atoms with Gasteiger partial charge in [-0.25, -0.2) is 0 Å².